The van der Waals surface area contributed by atoms with Crippen molar-refractivity contribution in [3.8, 4) is 0 Å². The van der Waals surface area contributed by atoms with Crippen molar-refractivity contribution < 1.29 is 0 Å². The van der Waals surface area contributed by atoms with Crippen molar-refractivity contribution in [1.82, 2.24) is 9.97 Å². The summed E-state index contributed by atoms with van der Waals surface area (Å²) in [6, 6.07) is 4.55. The van der Waals surface area contributed by atoms with E-state index in [1.165, 1.54) is 11.2 Å². The predicted octanol–water partition coefficient (Wildman–Crippen LogP) is 2.82. The van der Waals surface area contributed by atoms with E-state index in [0.29, 0.717) is 11.9 Å². The minimum atomic E-state index is 0.310. The molecule has 0 aliphatic rings. The molecule has 6 heteroatoms. The first-order valence-corrected chi connectivity index (χ1v) is 7.72. The molecule has 0 bridgehead atoms. The molecule has 2 rings (SSSR count). The zero-order valence-electron chi connectivity index (χ0n) is 11.9. The highest BCUT2D eigenvalue weighted by molar-refractivity contribution is 7.09. The van der Waals surface area contributed by atoms with E-state index in [0.717, 1.165) is 30.6 Å². The lowest BCUT2D eigenvalue weighted by atomic mass is 10.1. The summed E-state index contributed by atoms with van der Waals surface area (Å²) < 4.78 is 0. The number of anilines is 2. The third kappa shape index (κ3) is 3.68. The van der Waals surface area contributed by atoms with Gasteiger partial charge in [-0.15, -0.1) is 11.3 Å². The maximum absolute atomic E-state index is 5.52. The molecular formula is C14H21N5S. The van der Waals surface area contributed by atoms with Gasteiger partial charge in [-0.3, -0.25) is 0 Å². The highest BCUT2D eigenvalue weighted by Crippen LogP contribution is 2.22. The van der Waals surface area contributed by atoms with Gasteiger partial charge >= 0.3 is 0 Å². The van der Waals surface area contributed by atoms with Crippen LogP contribution in [0.25, 0.3) is 0 Å². The van der Waals surface area contributed by atoms with Crippen LogP contribution in [0.15, 0.2) is 23.8 Å². The second-order valence-electron chi connectivity index (χ2n) is 4.77. The summed E-state index contributed by atoms with van der Waals surface area (Å²) in [4.78, 5) is 9.90. The second-order valence-corrected chi connectivity index (χ2v) is 5.80. The van der Waals surface area contributed by atoms with Crippen molar-refractivity contribution in [2.24, 2.45) is 5.84 Å². The molecule has 1 atom stereocenters. The zero-order valence-corrected chi connectivity index (χ0v) is 12.7. The zero-order chi connectivity index (χ0) is 14.4. The van der Waals surface area contributed by atoms with Crippen molar-refractivity contribution in [3.63, 3.8) is 0 Å². The molecule has 4 N–H and O–H groups in total. The molecule has 0 fully saturated rings. The maximum atomic E-state index is 5.52. The van der Waals surface area contributed by atoms with Gasteiger partial charge in [-0.25, -0.2) is 15.8 Å². The van der Waals surface area contributed by atoms with E-state index in [1.54, 1.807) is 11.3 Å². The van der Waals surface area contributed by atoms with E-state index in [-0.39, 0.29) is 0 Å². The first kappa shape index (κ1) is 14.7. The SMILES string of the molecule is CCCc1c(NN)ncnc1NC(C)Cc1cccs1. The Morgan fingerprint density at radius 1 is 1.35 bits per heavy atom. The highest BCUT2D eigenvalue weighted by Gasteiger charge is 2.12. The molecule has 20 heavy (non-hydrogen) atoms. The highest BCUT2D eigenvalue weighted by atomic mass is 32.1. The van der Waals surface area contributed by atoms with Crippen molar-refractivity contribution in [2.45, 2.75) is 39.2 Å². The van der Waals surface area contributed by atoms with Crippen LogP contribution in [0.3, 0.4) is 0 Å². The fraction of sp³-hybridized carbons (Fsp3) is 0.429. The van der Waals surface area contributed by atoms with Crippen LogP contribution in [0.4, 0.5) is 11.6 Å². The smallest absolute Gasteiger partial charge is 0.148 e. The number of thiophene rings is 1. The third-order valence-corrected chi connectivity index (χ3v) is 3.95. The van der Waals surface area contributed by atoms with Gasteiger partial charge in [0.15, 0.2) is 0 Å². The quantitative estimate of drug-likeness (QED) is 0.540. The lowest BCUT2D eigenvalue weighted by Crippen LogP contribution is -2.21. The molecule has 0 aromatic carbocycles. The fourth-order valence-electron chi connectivity index (χ4n) is 2.16. The Hall–Kier alpha value is -1.66. The molecule has 2 aromatic heterocycles. The van der Waals surface area contributed by atoms with Gasteiger partial charge < -0.3 is 10.7 Å². The molecule has 0 radical (unpaired) electrons. The number of rotatable bonds is 7. The first-order valence-electron chi connectivity index (χ1n) is 6.84. The summed E-state index contributed by atoms with van der Waals surface area (Å²) in [6.45, 7) is 4.29. The second kappa shape index (κ2) is 7.21. The molecule has 0 amide bonds. The van der Waals surface area contributed by atoms with E-state index in [1.807, 2.05) is 0 Å². The molecule has 0 aliphatic heterocycles. The van der Waals surface area contributed by atoms with Crippen molar-refractivity contribution >= 4 is 23.0 Å². The van der Waals surface area contributed by atoms with Gasteiger partial charge in [0.1, 0.15) is 18.0 Å². The van der Waals surface area contributed by atoms with Gasteiger partial charge in [-0.05, 0) is 24.8 Å². The van der Waals surface area contributed by atoms with Crippen LogP contribution in [-0.4, -0.2) is 16.0 Å². The van der Waals surface area contributed by atoms with Gasteiger partial charge in [0.25, 0.3) is 0 Å². The fourth-order valence-corrected chi connectivity index (χ4v) is 3.00. The minimum Gasteiger partial charge on any atom is -0.367 e. The van der Waals surface area contributed by atoms with E-state index in [4.69, 9.17) is 5.84 Å². The summed E-state index contributed by atoms with van der Waals surface area (Å²) in [5.74, 6) is 7.10. The Bertz CT molecular complexity index is 526. The standard InChI is InChI=1S/C14H21N5S/c1-3-5-12-13(16-9-17-14(12)19-15)18-10(2)8-11-6-4-7-20-11/h4,6-7,9-10H,3,5,8,15H2,1-2H3,(H2,16,17,18,19). The van der Waals surface area contributed by atoms with Gasteiger partial charge in [0.05, 0.1) is 0 Å². The van der Waals surface area contributed by atoms with Crippen molar-refractivity contribution in [2.75, 3.05) is 10.7 Å². The average molecular weight is 291 g/mol. The van der Waals surface area contributed by atoms with E-state index in [2.05, 4.69) is 52.1 Å². The number of aromatic nitrogens is 2. The van der Waals surface area contributed by atoms with Crippen LogP contribution in [0.5, 0.6) is 0 Å². The largest absolute Gasteiger partial charge is 0.367 e. The molecule has 1 unspecified atom stereocenters. The van der Waals surface area contributed by atoms with E-state index >= 15 is 0 Å². The Morgan fingerprint density at radius 2 is 2.15 bits per heavy atom. The van der Waals surface area contributed by atoms with E-state index < -0.39 is 0 Å². The number of nitrogens with two attached hydrogens (primary N) is 1. The van der Waals surface area contributed by atoms with Gasteiger partial charge in [0.2, 0.25) is 0 Å². The molecular weight excluding hydrogens is 270 g/mol. The first-order chi connectivity index (χ1) is 9.74. The van der Waals surface area contributed by atoms with Crippen molar-refractivity contribution in [3.05, 3.63) is 34.3 Å². The van der Waals surface area contributed by atoms with Gasteiger partial charge in [-0.1, -0.05) is 19.4 Å². The molecule has 108 valence electrons. The van der Waals surface area contributed by atoms with E-state index in [9.17, 15) is 0 Å². The predicted molar refractivity (Wildman–Crippen MR) is 84.9 cm³/mol. The molecule has 0 saturated carbocycles. The van der Waals surface area contributed by atoms with Crippen LogP contribution in [0.1, 0.15) is 30.7 Å². The van der Waals surface area contributed by atoms with Crippen LogP contribution < -0.4 is 16.6 Å². The lowest BCUT2D eigenvalue weighted by Gasteiger charge is -2.18. The van der Waals surface area contributed by atoms with Crippen LogP contribution in [-0.2, 0) is 12.8 Å². The normalized spacial score (nSPS) is 12.2. The summed E-state index contributed by atoms with van der Waals surface area (Å²) in [5.41, 5.74) is 3.70. The Kier molecular flexibility index (Phi) is 5.31. The average Bonchev–Trinajstić information content (AvgIpc) is 2.93. The van der Waals surface area contributed by atoms with Gasteiger partial charge in [-0.2, -0.15) is 0 Å². The minimum absolute atomic E-state index is 0.310. The Labute approximate surface area is 123 Å². The molecule has 5 nitrogen and oxygen atoms in total. The summed E-state index contributed by atoms with van der Waals surface area (Å²) in [6.07, 6.45) is 4.44. The molecule has 2 heterocycles. The number of hydrazine groups is 1. The monoisotopic (exact) mass is 291 g/mol. The Morgan fingerprint density at radius 3 is 2.80 bits per heavy atom. The van der Waals surface area contributed by atoms with Crippen LogP contribution >= 0.6 is 11.3 Å². The maximum Gasteiger partial charge on any atom is 0.148 e. The summed E-state index contributed by atoms with van der Waals surface area (Å²) in [5, 5.41) is 5.57. The Balaban J connectivity index is 2.11. The lowest BCUT2D eigenvalue weighted by molar-refractivity contribution is 0.785. The molecule has 2 aromatic rings. The summed E-state index contributed by atoms with van der Waals surface area (Å²) >= 11 is 1.78. The number of hydrogen-bond donors (Lipinski definition) is 3. The van der Waals surface area contributed by atoms with Gasteiger partial charge in [0, 0.05) is 22.9 Å². The molecule has 0 aliphatic carbocycles. The topological polar surface area (TPSA) is 75.9 Å². The number of nitrogens with one attached hydrogen (secondary N) is 2. The van der Waals surface area contributed by atoms with Crippen molar-refractivity contribution in [1.29, 1.82) is 0 Å². The molecule has 0 spiro atoms. The van der Waals surface area contributed by atoms with Crippen LogP contribution in [0.2, 0.25) is 0 Å². The number of nitrogen functional groups attached to an aromatic ring is 1. The summed E-state index contributed by atoms with van der Waals surface area (Å²) in [7, 11) is 0. The third-order valence-electron chi connectivity index (χ3n) is 3.05. The number of hydrogen-bond acceptors (Lipinski definition) is 6. The van der Waals surface area contributed by atoms with Crippen LogP contribution in [0, 0.1) is 0 Å². The molecule has 0 saturated heterocycles. The number of nitrogens with zero attached hydrogens (tertiary/aromatic N) is 2.